The fourth-order valence-electron chi connectivity index (χ4n) is 3.12. The molecule has 1 fully saturated rings. The van der Waals surface area contributed by atoms with Crippen LogP contribution >= 0.6 is 11.8 Å². The maximum absolute atomic E-state index is 12.9. The van der Waals surface area contributed by atoms with E-state index in [-0.39, 0.29) is 38.6 Å². The molecule has 30 heavy (non-hydrogen) atoms. The third-order valence-electron chi connectivity index (χ3n) is 4.65. The van der Waals surface area contributed by atoms with Crippen LogP contribution in [0.25, 0.3) is 0 Å². The molecule has 1 aliphatic rings. The molecule has 1 rings (SSSR count). The summed E-state index contributed by atoms with van der Waals surface area (Å²) in [4.78, 5) is 38.0. The summed E-state index contributed by atoms with van der Waals surface area (Å²) >= 11 is 1.87. The van der Waals surface area contributed by atoms with E-state index < -0.39 is 35.2 Å². The summed E-state index contributed by atoms with van der Waals surface area (Å²) in [5.41, 5.74) is 3.55. The van der Waals surface area contributed by atoms with E-state index >= 15 is 0 Å². The first-order valence-electron chi connectivity index (χ1n) is 10.6. The van der Waals surface area contributed by atoms with Gasteiger partial charge in [-0.3, -0.25) is 4.79 Å². The van der Waals surface area contributed by atoms with Crippen molar-refractivity contribution in [2.24, 2.45) is 11.7 Å². The van der Waals surface area contributed by atoms with E-state index in [1.165, 1.54) is 0 Å². The van der Waals surface area contributed by atoms with Crippen molar-refractivity contribution in [3.63, 3.8) is 0 Å². The molecule has 0 aliphatic carbocycles. The number of hydrogen-bond acceptors (Lipinski definition) is 9. The number of esters is 3. The number of carbonyl (C=O) groups is 3. The van der Waals surface area contributed by atoms with E-state index in [0.29, 0.717) is 0 Å². The molecule has 0 aromatic carbocycles. The monoisotopic (exact) mass is 447 g/mol. The molecule has 0 amide bonds. The second-order valence-electron chi connectivity index (χ2n) is 8.27. The van der Waals surface area contributed by atoms with Crippen LogP contribution in [-0.4, -0.2) is 66.5 Å². The SMILES string of the molecule is CCOC(=O)C(OCC1CCSCC1)(C(=O)OCC)C(N)CCC(=O)OC(C)(C)C. The van der Waals surface area contributed by atoms with Crippen LogP contribution in [0.4, 0.5) is 0 Å². The van der Waals surface area contributed by atoms with Crippen molar-refractivity contribution in [1.29, 1.82) is 0 Å². The normalized spacial score (nSPS) is 16.6. The van der Waals surface area contributed by atoms with Gasteiger partial charge in [-0.05, 0) is 71.3 Å². The predicted molar refractivity (Wildman–Crippen MR) is 115 cm³/mol. The fraction of sp³-hybridized carbons (Fsp3) is 0.857. The van der Waals surface area contributed by atoms with Crippen molar-refractivity contribution in [3.8, 4) is 0 Å². The Hall–Kier alpha value is -1.32. The zero-order valence-electron chi connectivity index (χ0n) is 18.9. The number of rotatable bonds is 11. The van der Waals surface area contributed by atoms with Gasteiger partial charge in [-0.1, -0.05) is 0 Å². The fourth-order valence-corrected chi connectivity index (χ4v) is 4.32. The van der Waals surface area contributed by atoms with E-state index in [0.717, 1.165) is 24.3 Å². The van der Waals surface area contributed by atoms with Gasteiger partial charge in [0.25, 0.3) is 5.60 Å². The molecule has 0 aromatic heterocycles. The molecule has 8 nitrogen and oxygen atoms in total. The van der Waals surface area contributed by atoms with Gasteiger partial charge in [0.2, 0.25) is 0 Å². The lowest BCUT2D eigenvalue weighted by molar-refractivity contribution is -0.196. The van der Waals surface area contributed by atoms with Crippen molar-refractivity contribution in [1.82, 2.24) is 0 Å². The Labute approximate surface area is 183 Å². The molecule has 1 aliphatic heterocycles. The summed E-state index contributed by atoms with van der Waals surface area (Å²) in [5.74, 6) is -0.0122. The van der Waals surface area contributed by atoms with Gasteiger partial charge in [0.05, 0.1) is 25.9 Å². The molecule has 1 saturated heterocycles. The summed E-state index contributed by atoms with van der Waals surface area (Å²) in [7, 11) is 0. The highest BCUT2D eigenvalue weighted by atomic mass is 32.2. The third-order valence-corrected chi connectivity index (χ3v) is 5.70. The molecule has 9 heteroatoms. The highest BCUT2D eigenvalue weighted by Gasteiger charge is 2.55. The largest absolute Gasteiger partial charge is 0.463 e. The molecule has 1 atom stereocenters. The summed E-state index contributed by atoms with van der Waals surface area (Å²) in [6, 6.07) is -1.12. The first kappa shape index (κ1) is 26.7. The Balaban J connectivity index is 3.04. The minimum atomic E-state index is -2.11. The van der Waals surface area contributed by atoms with Gasteiger partial charge < -0.3 is 24.7 Å². The maximum atomic E-state index is 12.9. The van der Waals surface area contributed by atoms with Gasteiger partial charge in [-0.25, -0.2) is 9.59 Å². The van der Waals surface area contributed by atoms with Crippen LogP contribution in [0.15, 0.2) is 0 Å². The molecule has 0 saturated carbocycles. The second-order valence-corrected chi connectivity index (χ2v) is 9.50. The van der Waals surface area contributed by atoms with Gasteiger partial charge in [0.15, 0.2) is 0 Å². The Bertz CT molecular complexity index is 552. The summed E-state index contributed by atoms with van der Waals surface area (Å²) in [6.07, 6.45) is 1.80. The zero-order chi connectivity index (χ0) is 22.8. The van der Waals surface area contributed by atoms with Crippen molar-refractivity contribution < 1.29 is 33.3 Å². The molecule has 1 unspecified atom stereocenters. The summed E-state index contributed by atoms with van der Waals surface area (Å²) in [5, 5.41) is 0. The number of hydrogen-bond donors (Lipinski definition) is 1. The van der Waals surface area contributed by atoms with Crippen LogP contribution in [0.5, 0.6) is 0 Å². The zero-order valence-corrected chi connectivity index (χ0v) is 19.7. The van der Waals surface area contributed by atoms with E-state index in [4.69, 9.17) is 24.7 Å². The van der Waals surface area contributed by atoms with Crippen molar-refractivity contribution in [2.45, 2.75) is 77.5 Å². The van der Waals surface area contributed by atoms with Crippen LogP contribution < -0.4 is 5.73 Å². The van der Waals surface area contributed by atoms with Crippen LogP contribution in [0.3, 0.4) is 0 Å². The summed E-state index contributed by atoms with van der Waals surface area (Å²) in [6.45, 7) is 8.87. The smallest absolute Gasteiger partial charge is 0.352 e. The Morgan fingerprint density at radius 1 is 1.03 bits per heavy atom. The predicted octanol–water partition coefficient (Wildman–Crippen LogP) is 2.46. The topological polar surface area (TPSA) is 114 Å². The quantitative estimate of drug-likeness (QED) is 0.290. The molecular weight excluding hydrogens is 410 g/mol. The standard InChI is InChI=1S/C21H37NO7S/c1-6-26-18(24)21(19(25)27-7-2,28-14-15-10-12-30-13-11-15)16(22)8-9-17(23)29-20(3,4)5/h15-16H,6-14,22H2,1-5H3. The maximum Gasteiger partial charge on any atom is 0.352 e. The number of carbonyl (C=O) groups excluding carboxylic acids is 3. The Morgan fingerprint density at radius 2 is 1.57 bits per heavy atom. The first-order chi connectivity index (χ1) is 14.1. The van der Waals surface area contributed by atoms with Crippen LogP contribution in [0.2, 0.25) is 0 Å². The van der Waals surface area contributed by atoms with E-state index in [2.05, 4.69) is 0 Å². The second kappa shape index (κ2) is 12.5. The molecule has 1 heterocycles. The average Bonchev–Trinajstić information content (AvgIpc) is 2.67. The van der Waals surface area contributed by atoms with E-state index in [1.54, 1.807) is 34.6 Å². The number of ether oxygens (including phenoxy) is 4. The lowest BCUT2D eigenvalue weighted by atomic mass is 9.90. The summed E-state index contributed by atoms with van der Waals surface area (Å²) < 4.78 is 21.6. The molecule has 0 bridgehead atoms. The van der Waals surface area contributed by atoms with E-state index in [1.807, 2.05) is 11.8 Å². The lowest BCUT2D eigenvalue weighted by Crippen LogP contribution is -2.63. The Morgan fingerprint density at radius 3 is 2.03 bits per heavy atom. The molecule has 174 valence electrons. The highest BCUT2D eigenvalue weighted by molar-refractivity contribution is 7.99. The van der Waals surface area contributed by atoms with E-state index in [9.17, 15) is 14.4 Å². The molecule has 2 N–H and O–H groups in total. The van der Waals surface area contributed by atoms with Gasteiger partial charge in [0.1, 0.15) is 5.60 Å². The minimum absolute atomic E-state index is 0.00700. The molecular formula is C21H37NO7S. The van der Waals surface area contributed by atoms with Crippen LogP contribution in [-0.2, 0) is 33.3 Å². The molecule has 0 radical (unpaired) electrons. The highest BCUT2D eigenvalue weighted by Crippen LogP contribution is 2.29. The van der Waals surface area contributed by atoms with Crippen molar-refractivity contribution >= 4 is 29.7 Å². The minimum Gasteiger partial charge on any atom is -0.463 e. The molecule has 0 aromatic rings. The first-order valence-corrected chi connectivity index (χ1v) is 11.8. The number of thioether (sulfide) groups is 1. The van der Waals surface area contributed by atoms with Gasteiger partial charge in [-0.15, -0.1) is 0 Å². The van der Waals surface area contributed by atoms with Gasteiger partial charge in [0, 0.05) is 6.42 Å². The Kier molecular flexibility index (Phi) is 11.1. The third kappa shape index (κ3) is 8.07. The number of nitrogens with two attached hydrogens (primary N) is 1. The van der Waals surface area contributed by atoms with Crippen molar-refractivity contribution in [2.75, 3.05) is 31.3 Å². The van der Waals surface area contributed by atoms with Crippen LogP contribution in [0.1, 0.15) is 60.3 Å². The van der Waals surface area contributed by atoms with Crippen LogP contribution in [0, 0.1) is 5.92 Å². The van der Waals surface area contributed by atoms with Crippen molar-refractivity contribution in [3.05, 3.63) is 0 Å². The lowest BCUT2D eigenvalue weighted by Gasteiger charge is -2.35. The van der Waals surface area contributed by atoms with Gasteiger partial charge >= 0.3 is 17.9 Å². The average molecular weight is 448 g/mol. The van der Waals surface area contributed by atoms with Gasteiger partial charge in [-0.2, -0.15) is 11.8 Å². The molecule has 0 spiro atoms.